The smallest absolute Gasteiger partial charge is 0.146 e. The van der Waals surface area contributed by atoms with E-state index in [2.05, 4.69) is 4.98 Å². The third kappa shape index (κ3) is 2.23. The summed E-state index contributed by atoms with van der Waals surface area (Å²) in [7, 11) is 0. The van der Waals surface area contributed by atoms with E-state index >= 15 is 0 Å². The molecule has 2 N–H and O–H groups in total. The number of aryl methyl sites for hydroxylation is 1. The van der Waals surface area contributed by atoms with E-state index in [1.165, 1.54) is 0 Å². The second-order valence-corrected chi connectivity index (χ2v) is 3.45. The Kier molecular flexibility index (Phi) is 3.22. The van der Waals surface area contributed by atoms with Crippen LogP contribution in [0, 0.1) is 6.92 Å². The number of rotatable bonds is 4. The minimum absolute atomic E-state index is 0.381. The van der Waals surface area contributed by atoms with Crippen molar-refractivity contribution in [2.24, 2.45) is 5.73 Å². The van der Waals surface area contributed by atoms with E-state index in [4.69, 9.17) is 14.9 Å². The molecule has 4 nitrogen and oxygen atoms in total. The van der Waals surface area contributed by atoms with E-state index in [1.807, 2.05) is 25.1 Å². The van der Waals surface area contributed by atoms with Crippen LogP contribution >= 0.6 is 0 Å². The molecule has 0 bridgehead atoms. The van der Waals surface area contributed by atoms with Crippen molar-refractivity contribution in [3.8, 4) is 5.75 Å². The van der Waals surface area contributed by atoms with Gasteiger partial charge in [0.2, 0.25) is 0 Å². The Morgan fingerprint density at radius 2 is 2.31 bits per heavy atom. The van der Waals surface area contributed by atoms with Crippen LogP contribution in [0.15, 0.2) is 35.1 Å². The van der Waals surface area contributed by atoms with Crippen molar-refractivity contribution in [1.82, 2.24) is 4.98 Å². The highest BCUT2D eigenvalue weighted by Crippen LogP contribution is 2.17. The fourth-order valence-corrected chi connectivity index (χ4v) is 1.44. The molecule has 0 amide bonds. The van der Waals surface area contributed by atoms with Crippen molar-refractivity contribution in [1.29, 1.82) is 0 Å². The normalized spacial score (nSPS) is 10.4. The van der Waals surface area contributed by atoms with Gasteiger partial charge in [0, 0.05) is 18.3 Å². The number of nitrogens with two attached hydrogens (primary N) is 1. The first-order valence-electron chi connectivity index (χ1n) is 5.11. The summed E-state index contributed by atoms with van der Waals surface area (Å²) in [6.45, 7) is 2.74. The number of pyridine rings is 1. The molecule has 84 valence electrons. The third-order valence-electron chi connectivity index (χ3n) is 2.37. The SMILES string of the molecule is Cc1ncccc1OCc1occc1CN. The number of hydrogen-bond acceptors (Lipinski definition) is 4. The van der Waals surface area contributed by atoms with Gasteiger partial charge in [-0.25, -0.2) is 0 Å². The summed E-state index contributed by atoms with van der Waals surface area (Å²) in [6, 6.07) is 5.58. The van der Waals surface area contributed by atoms with E-state index in [0.29, 0.717) is 13.2 Å². The van der Waals surface area contributed by atoms with Crippen molar-refractivity contribution in [3.05, 3.63) is 47.7 Å². The summed E-state index contributed by atoms with van der Waals surface area (Å²) in [5.74, 6) is 1.53. The Hall–Kier alpha value is -1.81. The van der Waals surface area contributed by atoms with Crippen molar-refractivity contribution in [3.63, 3.8) is 0 Å². The Labute approximate surface area is 94.1 Å². The quantitative estimate of drug-likeness (QED) is 0.852. The fourth-order valence-electron chi connectivity index (χ4n) is 1.44. The molecule has 0 fully saturated rings. The lowest BCUT2D eigenvalue weighted by atomic mass is 10.2. The number of aromatic nitrogens is 1. The summed E-state index contributed by atoms with van der Waals surface area (Å²) in [6.07, 6.45) is 3.36. The van der Waals surface area contributed by atoms with Crippen LogP contribution in [0.25, 0.3) is 0 Å². The van der Waals surface area contributed by atoms with E-state index in [-0.39, 0.29) is 0 Å². The molecular weight excluding hydrogens is 204 g/mol. The van der Waals surface area contributed by atoms with Gasteiger partial charge in [-0.05, 0) is 25.1 Å². The first-order chi connectivity index (χ1) is 7.81. The van der Waals surface area contributed by atoms with Crippen LogP contribution in [0.4, 0.5) is 0 Å². The van der Waals surface area contributed by atoms with Crippen LogP contribution < -0.4 is 10.5 Å². The van der Waals surface area contributed by atoms with Gasteiger partial charge in [-0.1, -0.05) is 0 Å². The maximum Gasteiger partial charge on any atom is 0.146 e. The Balaban J connectivity index is 2.05. The zero-order valence-corrected chi connectivity index (χ0v) is 9.14. The second-order valence-electron chi connectivity index (χ2n) is 3.45. The van der Waals surface area contributed by atoms with Crippen molar-refractivity contribution in [2.75, 3.05) is 0 Å². The predicted octanol–water partition coefficient (Wildman–Crippen LogP) is 2.02. The highest BCUT2D eigenvalue weighted by atomic mass is 16.5. The van der Waals surface area contributed by atoms with Gasteiger partial charge < -0.3 is 14.9 Å². The number of furan rings is 1. The third-order valence-corrected chi connectivity index (χ3v) is 2.37. The molecule has 2 rings (SSSR count). The zero-order valence-electron chi connectivity index (χ0n) is 9.14. The monoisotopic (exact) mass is 218 g/mol. The van der Waals surface area contributed by atoms with Crippen LogP contribution in [-0.4, -0.2) is 4.98 Å². The Morgan fingerprint density at radius 1 is 1.44 bits per heavy atom. The molecule has 16 heavy (non-hydrogen) atoms. The van der Waals surface area contributed by atoms with Crippen LogP contribution in [0.1, 0.15) is 17.0 Å². The summed E-state index contributed by atoms with van der Waals surface area (Å²) in [5.41, 5.74) is 7.40. The molecule has 0 aliphatic rings. The van der Waals surface area contributed by atoms with Gasteiger partial charge in [0.05, 0.1) is 12.0 Å². The molecule has 2 aromatic heterocycles. The molecule has 2 heterocycles. The molecule has 2 aromatic rings. The van der Waals surface area contributed by atoms with Crippen molar-refractivity contribution in [2.45, 2.75) is 20.1 Å². The molecule has 0 radical (unpaired) electrons. The minimum atomic E-state index is 0.381. The zero-order chi connectivity index (χ0) is 11.4. The molecule has 0 spiro atoms. The number of nitrogens with zero attached hydrogens (tertiary/aromatic N) is 1. The number of ether oxygens (including phenoxy) is 1. The van der Waals surface area contributed by atoms with Gasteiger partial charge in [-0.2, -0.15) is 0 Å². The molecule has 0 aromatic carbocycles. The van der Waals surface area contributed by atoms with Gasteiger partial charge in [-0.15, -0.1) is 0 Å². The Bertz CT molecular complexity index is 466. The topological polar surface area (TPSA) is 61.3 Å². The molecule has 0 aliphatic carbocycles. The van der Waals surface area contributed by atoms with Crippen LogP contribution in [0.2, 0.25) is 0 Å². The summed E-state index contributed by atoms with van der Waals surface area (Å²) >= 11 is 0. The highest BCUT2D eigenvalue weighted by molar-refractivity contribution is 5.26. The van der Waals surface area contributed by atoms with Gasteiger partial charge in [0.1, 0.15) is 18.1 Å². The van der Waals surface area contributed by atoms with Crippen LogP contribution in [0.3, 0.4) is 0 Å². The molecule has 0 atom stereocenters. The summed E-state index contributed by atoms with van der Waals surface area (Å²) in [5, 5.41) is 0. The average Bonchev–Trinajstić information content (AvgIpc) is 2.75. The molecule has 0 saturated heterocycles. The molecule has 0 saturated carbocycles. The van der Waals surface area contributed by atoms with Gasteiger partial charge in [-0.3, -0.25) is 4.98 Å². The molecular formula is C12H14N2O2. The molecule has 0 unspecified atom stereocenters. The van der Waals surface area contributed by atoms with Crippen LogP contribution in [-0.2, 0) is 13.2 Å². The molecule has 0 aliphatic heterocycles. The second kappa shape index (κ2) is 4.81. The maximum absolute atomic E-state index is 5.61. The maximum atomic E-state index is 5.61. The number of hydrogen-bond donors (Lipinski definition) is 1. The lowest BCUT2D eigenvalue weighted by molar-refractivity contribution is 0.266. The lowest BCUT2D eigenvalue weighted by Crippen LogP contribution is -2.02. The van der Waals surface area contributed by atoms with E-state index in [1.54, 1.807) is 12.5 Å². The molecule has 4 heteroatoms. The summed E-state index contributed by atoms with van der Waals surface area (Å²) in [4.78, 5) is 4.14. The van der Waals surface area contributed by atoms with Gasteiger partial charge in [0.15, 0.2) is 0 Å². The standard InChI is InChI=1S/C12H14N2O2/c1-9-11(3-2-5-14-9)16-8-12-10(7-13)4-6-15-12/h2-6H,7-8,13H2,1H3. The fraction of sp³-hybridized carbons (Fsp3) is 0.250. The van der Waals surface area contributed by atoms with Gasteiger partial charge >= 0.3 is 0 Å². The van der Waals surface area contributed by atoms with Crippen molar-refractivity contribution >= 4 is 0 Å². The van der Waals surface area contributed by atoms with E-state index in [0.717, 1.165) is 22.8 Å². The lowest BCUT2D eigenvalue weighted by Gasteiger charge is -2.07. The Morgan fingerprint density at radius 3 is 3.06 bits per heavy atom. The van der Waals surface area contributed by atoms with Gasteiger partial charge in [0.25, 0.3) is 0 Å². The van der Waals surface area contributed by atoms with E-state index in [9.17, 15) is 0 Å². The summed E-state index contributed by atoms with van der Waals surface area (Å²) < 4.78 is 10.9. The average molecular weight is 218 g/mol. The highest BCUT2D eigenvalue weighted by Gasteiger charge is 2.06. The predicted molar refractivity (Wildman–Crippen MR) is 59.9 cm³/mol. The van der Waals surface area contributed by atoms with Crippen molar-refractivity contribution < 1.29 is 9.15 Å². The minimum Gasteiger partial charge on any atom is -0.484 e. The first kappa shape index (κ1) is 10.7. The van der Waals surface area contributed by atoms with Crippen LogP contribution in [0.5, 0.6) is 5.75 Å². The largest absolute Gasteiger partial charge is 0.484 e. The first-order valence-corrected chi connectivity index (χ1v) is 5.11. The van der Waals surface area contributed by atoms with E-state index < -0.39 is 0 Å².